The molecule has 4 rings (SSSR count). The van der Waals surface area contributed by atoms with E-state index in [1.807, 2.05) is 36.4 Å². The van der Waals surface area contributed by atoms with Gasteiger partial charge in [0.15, 0.2) is 5.75 Å². The highest BCUT2D eigenvalue weighted by molar-refractivity contribution is 5.76. The second-order valence-corrected chi connectivity index (χ2v) is 6.57. The molecule has 0 spiro atoms. The molecule has 3 aromatic rings. The van der Waals surface area contributed by atoms with Crippen molar-refractivity contribution < 1.29 is 14.6 Å². The van der Waals surface area contributed by atoms with Crippen LogP contribution in [0.5, 0.6) is 11.5 Å². The maximum Gasteiger partial charge on any atom is 0.316 e. The van der Waals surface area contributed by atoms with Crippen LogP contribution < -0.4 is 25.7 Å². The zero-order valence-corrected chi connectivity index (χ0v) is 15.5. The van der Waals surface area contributed by atoms with Crippen molar-refractivity contribution in [1.82, 2.24) is 9.55 Å². The first-order chi connectivity index (χ1) is 13.4. The van der Waals surface area contributed by atoms with Gasteiger partial charge in [-0.05, 0) is 17.7 Å². The lowest BCUT2D eigenvalue weighted by atomic mass is 10.2. The van der Waals surface area contributed by atoms with Gasteiger partial charge in [-0.2, -0.15) is 4.98 Å². The molecule has 0 aliphatic carbocycles. The minimum Gasteiger partial charge on any atom is -0.490 e. The van der Waals surface area contributed by atoms with Gasteiger partial charge in [-0.1, -0.05) is 36.4 Å². The van der Waals surface area contributed by atoms with Gasteiger partial charge in [0.2, 0.25) is 11.7 Å². The van der Waals surface area contributed by atoms with Crippen molar-refractivity contribution in [3.63, 3.8) is 0 Å². The summed E-state index contributed by atoms with van der Waals surface area (Å²) in [5.74, 6) is -0.570. The van der Waals surface area contributed by atoms with Gasteiger partial charge in [0.25, 0.3) is 5.91 Å². The lowest BCUT2D eigenvalue weighted by Crippen LogP contribution is -2.35. The van der Waals surface area contributed by atoms with Crippen LogP contribution in [-0.4, -0.2) is 27.7 Å². The van der Waals surface area contributed by atoms with E-state index < -0.39 is 11.5 Å². The number of ether oxygens (including phenoxy) is 2. The van der Waals surface area contributed by atoms with Crippen LogP contribution in [0, 0.1) is 0 Å². The summed E-state index contributed by atoms with van der Waals surface area (Å²) in [5, 5.41) is 16.1. The van der Waals surface area contributed by atoms with Crippen molar-refractivity contribution in [3.8, 4) is 11.5 Å². The minimum atomic E-state index is -1.50. The summed E-state index contributed by atoms with van der Waals surface area (Å²) in [6.07, 6.45) is 1.61. The fourth-order valence-electron chi connectivity index (χ4n) is 3.05. The van der Waals surface area contributed by atoms with Crippen LogP contribution in [0.2, 0.25) is 0 Å². The molecular formula is C20H20N4O4. The van der Waals surface area contributed by atoms with Crippen molar-refractivity contribution in [2.45, 2.75) is 19.4 Å². The lowest BCUT2D eigenvalue weighted by molar-refractivity contribution is -0.0829. The standard InChI is InChI=1S/C20H20N4O4/c1-20(26)23-15-10-6-9-14(17(15)28-20)21-19-22-18(25)16(27-2)12-24(19)11-13-7-4-3-5-8-13/h3-10,12,23,26H,11H2,1-2H3,(H,21,22,25). The Morgan fingerprint density at radius 2 is 2.04 bits per heavy atom. The molecule has 1 aliphatic heterocycles. The largest absolute Gasteiger partial charge is 0.490 e. The predicted octanol–water partition coefficient (Wildman–Crippen LogP) is 2.51. The Kier molecular flexibility index (Phi) is 4.40. The fourth-order valence-corrected chi connectivity index (χ4v) is 3.05. The highest BCUT2D eigenvalue weighted by Gasteiger charge is 2.33. The van der Waals surface area contributed by atoms with Gasteiger partial charge in [0.05, 0.1) is 31.2 Å². The summed E-state index contributed by atoms with van der Waals surface area (Å²) < 4.78 is 12.5. The van der Waals surface area contributed by atoms with Gasteiger partial charge in [-0.3, -0.25) is 4.79 Å². The zero-order chi connectivity index (χ0) is 19.7. The van der Waals surface area contributed by atoms with Crippen molar-refractivity contribution in [3.05, 3.63) is 70.6 Å². The molecule has 0 amide bonds. The van der Waals surface area contributed by atoms with Crippen LogP contribution in [0.15, 0.2) is 59.5 Å². The molecule has 0 saturated heterocycles. The second kappa shape index (κ2) is 6.90. The van der Waals surface area contributed by atoms with Crippen LogP contribution in [0.3, 0.4) is 0 Å². The maximum absolute atomic E-state index is 12.2. The number of methoxy groups -OCH3 is 1. The van der Waals surface area contributed by atoms with E-state index in [1.54, 1.807) is 22.9 Å². The number of para-hydroxylation sites is 1. The van der Waals surface area contributed by atoms with Gasteiger partial charge < -0.3 is 29.8 Å². The first-order valence-corrected chi connectivity index (χ1v) is 8.74. The molecule has 1 aliphatic rings. The van der Waals surface area contributed by atoms with Gasteiger partial charge in [-0.15, -0.1) is 0 Å². The van der Waals surface area contributed by atoms with Gasteiger partial charge in [0.1, 0.15) is 0 Å². The molecule has 1 atom stereocenters. The molecule has 3 N–H and O–H groups in total. The number of nitrogens with zero attached hydrogens (tertiary/aromatic N) is 2. The van der Waals surface area contributed by atoms with Crippen LogP contribution in [-0.2, 0) is 6.54 Å². The number of benzene rings is 2. The molecule has 28 heavy (non-hydrogen) atoms. The van der Waals surface area contributed by atoms with E-state index in [2.05, 4.69) is 15.6 Å². The van der Waals surface area contributed by atoms with E-state index in [4.69, 9.17) is 9.47 Å². The number of hydrogen-bond acceptors (Lipinski definition) is 7. The molecule has 1 unspecified atom stereocenters. The van der Waals surface area contributed by atoms with E-state index in [9.17, 15) is 9.90 Å². The highest BCUT2D eigenvalue weighted by Crippen LogP contribution is 2.42. The van der Waals surface area contributed by atoms with E-state index in [0.29, 0.717) is 29.6 Å². The predicted molar refractivity (Wildman–Crippen MR) is 105 cm³/mol. The summed E-state index contributed by atoms with van der Waals surface area (Å²) in [6.45, 7) is 1.99. The third kappa shape index (κ3) is 3.49. The summed E-state index contributed by atoms with van der Waals surface area (Å²) in [4.78, 5) is 16.4. The monoisotopic (exact) mass is 380 g/mol. The molecular weight excluding hydrogens is 360 g/mol. The van der Waals surface area contributed by atoms with E-state index in [-0.39, 0.29) is 5.75 Å². The molecule has 0 radical (unpaired) electrons. The number of fused-ring (bicyclic) bond motifs is 1. The quantitative estimate of drug-likeness (QED) is 0.626. The van der Waals surface area contributed by atoms with Crippen LogP contribution in [0.4, 0.5) is 17.3 Å². The van der Waals surface area contributed by atoms with Crippen LogP contribution in [0.25, 0.3) is 0 Å². The normalized spacial score (nSPS) is 17.4. The van der Waals surface area contributed by atoms with Crippen LogP contribution in [0.1, 0.15) is 12.5 Å². The average molecular weight is 380 g/mol. The summed E-state index contributed by atoms with van der Waals surface area (Å²) in [7, 11) is 1.43. The first-order valence-electron chi connectivity index (χ1n) is 8.74. The Morgan fingerprint density at radius 1 is 1.25 bits per heavy atom. The Morgan fingerprint density at radius 3 is 2.79 bits per heavy atom. The number of rotatable bonds is 5. The third-order valence-electron chi connectivity index (χ3n) is 4.31. The zero-order valence-electron chi connectivity index (χ0n) is 15.5. The Balaban J connectivity index is 1.73. The number of aromatic nitrogens is 2. The number of aliphatic hydroxyl groups is 1. The average Bonchev–Trinajstić information content (AvgIpc) is 2.99. The molecule has 0 bridgehead atoms. The Bertz CT molecular complexity index is 1060. The van der Waals surface area contributed by atoms with Crippen LogP contribution >= 0.6 is 0 Å². The van der Waals surface area contributed by atoms with Crippen molar-refractivity contribution in [1.29, 1.82) is 0 Å². The topological polar surface area (TPSA) is 97.6 Å². The summed E-state index contributed by atoms with van der Waals surface area (Å²) in [6, 6.07) is 15.2. The third-order valence-corrected chi connectivity index (χ3v) is 4.31. The molecule has 144 valence electrons. The molecule has 0 fully saturated rings. The number of hydrogen-bond donors (Lipinski definition) is 3. The van der Waals surface area contributed by atoms with Gasteiger partial charge in [0, 0.05) is 6.92 Å². The van der Waals surface area contributed by atoms with Gasteiger partial charge in [-0.25, -0.2) is 0 Å². The van der Waals surface area contributed by atoms with E-state index in [1.165, 1.54) is 14.0 Å². The fraction of sp³-hybridized carbons (Fsp3) is 0.200. The van der Waals surface area contributed by atoms with Crippen molar-refractivity contribution in [2.75, 3.05) is 17.7 Å². The first kappa shape index (κ1) is 17.9. The molecule has 8 heteroatoms. The smallest absolute Gasteiger partial charge is 0.316 e. The molecule has 1 aromatic heterocycles. The molecule has 2 heterocycles. The van der Waals surface area contributed by atoms with E-state index in [0.717, 1.165) is 5.56 Å². The van der Waals surface area contributed by atoms with Gasteiger partial charge >= 0.3 is 5.56 Å². The molecule has 0 saturated carbocycles. The number of nitrogens with one attached hydrogen (secondary N) is 2. The molecule has 2 aromatic carbocycles. The number of anilines is 3. The Hall–Kier alpha value is -3.52. The molecule has 8 nitrogen and oxygen atoms in total. The highest BCUT2D eigenvalue weighted by atomic mass is 16.7. The second-order valence-electron chi connectivity index (χ2n) is 6.57. The maximum atomic E-state index is 12.2. The SMILES string of the molecule is COc1cn(Cc2ccccc2)c(Nc2cccc3c2OC(C)(O)N3)nc1=O. The van der Waals surface area contributed by atoms with Crippen molar-refractivity contribution in [2.24, 2.45) is 0 Å². The summed E-state index contributed by atoms with van der Waals surface area (Å²) >= 11 is 0. The summed E-state index contributed by atoms with van der Waals surface area (Å²) in [5.41, 5.74) is 1.77. The lowest BCUT2D eigenvalue weighted by Gasteiger charge is -2.18. The van der Waals surface area contributed by atoms with E-state index >= 15 is 0 Å². The minimum absolute atomic E-state index is 0.153. The Labute approximate surface area is 161 Å². The van der Waals surface area contributed by atoms with Crippen molar-refractivity contribution >= 4 is 17.3 Å².